The highest BCUT2D eigenvalue weighted by Crippen LogP contribution is 2.46. The van der Waals surface area contributed by atoms with Crippen LogP contribution in [0.25, 0.3) is 16.8 Å². The number of benzene rings is 2. The third-order valence-corrected chi connectivity index (χ3v) is 16.4. The molecule has 2 N–H and O–H groups in total. The monoisotopic (exact) mass is 998 g/mol. The fraction of sp³-hybridized carbons (Fsp3) is 0.491. The minimum absolute atomic E-state index is 0.0355. The molecule has 2 aromatic carbocycles. The number of anilines is 4. The fourth-order valence-electron chi connectivity index (χ4n) is 12.5. The maximum atomic E-state index is 15.7. The smallest absolute Gasteiger partial charge is 0.317 e. The summed E-state index contributed by atoms with van der Waals surface area (Å²) >= 11 is 0. The number of carbonyl (C=O) groups is 5. The number of nitrogens with one attached hydrogen (secondary N) is 2. The van der Waals surface area contributed by atoms with E-state index in [4.69, 9.17) is 9.84 Å². The zero-order chi connectivity index (χ0) is 50.1. The first-order valence-corrected chi connectivity index (χ1v) is 25.9. The number of amides is 6. The van der Waals surface area contributed by atoms with Crippen LogP contribution in [-0.2, 0) is 33.7 Å². The molecule has 12 rings (SSSR count). The maximum absolute atomic E-state index is 15.7. The van der Waals surface area contributed by atoms with E-state index >= 15 is 8.78 Å². The number of alkyl halides is 2. The molecule has 0 aliphatic carbocycles. The van der Waals surface area contributed by atoms with Gasteiger partial charge in [0.25, 0.3) is 18.2 Å². The van der Waals surface area contributed by atoms with E-state index in [9.17, 15) is 24.0 Å². The average molecular weight is 999 g/mol. The Morgan fingerprint density at radius 1 is 0.822 bits per heavy atom. The quantitative estimate of drug-likeness (QED) is 0.173. The summed E-state index contributed by atoms with van der Waals surface area (Å²) in [7, 11) is 1.64. The van der Waals surface area contributed by atoms with E-state index in [1.165, 1.54) is 0 Å². The van der Waals surface area contributed by atoms with Crippen LogP contribution >= 0.6 is 0 Å². The second-order valence-electron chi connectivity index (χ2n) is 20.5. The number of pyridine rings is 1. The Kier molecular flexibility index (Phi) is 12.4. The van der Waals surface area contributed by atoms with Crippen molar-refractivity contribution >= 4 is 58.2 Å². The molecule has 4 saturated heterocycles. The normalized spacial score (nSPS) is 21.3. The number of halogens is 2. The van der Waals surface area contributed by atoms with Gasteiger partial charge in [-0.15, -0.1) is 0 Å². The van der Waals surface area contributed by atoms with Gasteiger partial charge in [0.2, 0.25) is 11.8 Å². The van der Waals surface area contributed by atoms with Crippen LogP contribution in [0, 0.1) is 5.92 Å². The lowest BCUT2D eigenvalue weighted by Gasteiger charge is -2.40. The maximum Gasteiger partial charge on any atom is 0.317 e. The molecule has 7 aliphatic heterocycles. The van der Waals surface area contributed by atoms with Gasteiger partial charge in [-0.2, -0.15) is 5.10 Å². The molecule has 20 heteroatoms. The SMILES string of the molecule is CNC(=O)N1CCc2c(c(N3CCCc4cc(-c5cc6nccn6cc5N5CCN(CC6CCN(c7ccc8c(c7)C(=O)N(C7CCC(=O)NC7=O)C8=O)CC6)CC5)c(C(F)F)cc43)nn2C2CCOCC2)C1. The first-order valence-electron chi connectivity index (χ1n) is 25.9. The van der Waals surface area contributed by atoms with Crippen molar-refractivity contribution in [2.75, 3.05) is 93.9 Å². The van der Waals surface area contributed by atoms with E-state index in [0.29, 0.717) is 56.4 Å². The van der Waals surface area contributed by atoms with Crippen molar-refractivity contribution in [3.63, 3.8) is 0 Å². The summed E-state index contributed by atoms with van der Waals surface area (Å²) in [4.78, 5) is 80.6. The number of nitrogens with zero attached hydrogens (tertiary/aromatic N) is 10. The topological polar surface area (TPSA) is 173 Å². The number of imide groups is 2. The van der Waals surface area contributed by atoms with E-state index in [1.807, 2.05) is 35.0 Å². The molecule has 3 aromatic heterocycles. The zero-order valence-electron chi connectivity index (χ0n) is 41.0. The summed E-state index contributed by atoms with van der Waals surface area (Å²) in [6, 6.07) is 9.95. The second-order valence-corrected chi connectivity index (χ2v) is 20.5. The van der Waals surface area contributed by atoms with Crippen LogP contribution in [0.5, 0.6) is 0 Å². The third kappa shape index (κ3) is 8.54. The lowest BCUT2D eigenvalue weighted by Crippen LogP contribution is -2.54. The summed E-state index contributed by atoms with van der Waals surface area (Å²) in [5.41, 5.74) is 8.01. The van der Waals surface area contributed by atoms with Crippen molar-refractivity contribution in [1.29, 1.82) is 0 Å². The Labute approximate surface area is 421 Å². The lowest BCUT2D eigenvalue weighted by atomic mass is 9.91. The van der Waals surface area contributed by atoms with Crippen molar-refractivity contribution in [3.05, 3.63) is 88.5 Å². The Balaban J connectivity index is 0.752. The van der Waals surface area contributed by atoms with Crippen molar-refractivity contribution in [2.45, 2.75) is 82.8 Å². The summed E-state index contributed by atoms with van der Waals surface area (Å²) in [5.74, 6) is -0.847. The molecule has 1 unspecified atom stereocenters. The van der Waals surface area contributed by atoms with E-state index in [-0.39, 0.29) is 41.6 Å². The van der Waals surface area contributed by atoms with E-state index in [0.717, 1.165) is 135 Å². The minimum atomic E-state index is -2.75. The number of imidazole rings is 1. The molecule has 382 valence electrons. The van der Waals surface area contributed by atoms with Crippen molar-refractivity contribution < 1.29 is 37.5 Å². The number of aryl methyl sites for hydroxylation is 1. The Hall–Kier alpha value is -6.93. The molecule has 6 amide bonds. The number of carbonyl (C=O) groups excluding carboxylic acids is 5. The van der Waals surface area contributed by atoms with Crippen LogP contribution in [-0.4, -0.2) is 149 Å². The number of rotatable bonds is 9. The van der Waals surface area contributed by atoms with E-state index in [2.05, 4.69) is 39.9 Å². The second kappa shape index (κ2) is 19.2. The molecule has 0 spiro atoms. The number of urea groups is 1. The van der Waals surface area contributed by atoms with Crippen LogP contribution in [0.2, 0.25) is 0 Å². The van der Waals surface area contributed by atoms with E-state index in [1.54, 1.807) is 36.3 Å². The van der Waals surface area contributed by atoms with Crippen LogP contribution in [0.3, 0.4) is 0 Å². The minimum Gasteiger partial charge on any atom is -0.381 e. The van der Waals surface area contributed by atoms with Crippen LogP contribution in [0.1, 0.15) is 101 Å². The predicted molar refractivity (Wildman–Crippen MR) is 268 cm³/mol. The molecular formula is C53H60F2N12O6. The van der Waals surface area contributed by atoms with Gasteiger partial charge in [-0.1, -0.05) is 0 Å². The number of fused-ring (bicyclic) bond motifs is 4. The first kappa shape index (κ1) is 47.1. The summed E-state index contributed by atoms with van der Waals surface area (Å²) in [6.45, 7) is 8.49. The zero-order valence-corrected chi connectivity index (χ0v) is 41.0. The molecule has 0 bridgehead atoms. The number of aromatic nitrogens is 4. The molecule has 0 radical (unpaired) electrons. The molecule has 1 atom stereocenters. The highest BCUT2D eigenvalue weighted by molar-refractivity contribution is 6.23. The van der Waals surface area contributed by atoms with Gasteiger partial charge in [-0.3, -0.25) is 39.0 Å². The molecule has 4 fully saturated rings. The molecule has 7 aliphatic rings. The van der Waals surface area contributed by atoms with Gasteiger partial charge in [0.1, 0.15) is 11.7 Å². The Morgan fingerprint density at radius 2 is 1.62 bits per heavy atom. The standard InChI is InChI=1S/C53H60F2N12O6/c1-56-53(72)64-17-10-42-41(30-64)49(59-67(42)34-11-23-73-24-12-34)65-14-2-3-33-25-37(39(48(54)55)27-44(33)65)38-28-46-57-13-18-63(46)31-45(38)62-21-19-60(20-22-62)29-32-8-15-61(16-9-32)35-4-5-36-40(26-35)52(71)66(51(36)70)43-6-7-47(68)58-50(43)69/h4-5,13,18,25-28,31-32,34,43,48H,2-3,6-12,14-17,19-24,29-30H2,1H3,(H,56,72)(H,58,68,69). The van der Waals surface area contributed by atoms with Gasteiger partial charge in [-0.05, 0) is 98.4 Å². The number of hydrogen-bond acceptors (Lipinski definition) is 12. The van der Waals surface area contributed by atoms with Crippen LogP contribution in [0.15, 0.2) is 55.0 Å². The number of ether oxygens (including phenoxy) is 1. The lowest BCUT2D eigenvalue weighted by molar-refractivity contribution is -0.136. The predicted octanol–water partition coefficient (Wildman–Crippen LogP) is 5.71. The first-order chi connectivity index (χ1) is 35.5. The van der Waals surface area contributed by atoms with Crippen molar-refractivity contribution in [1.82, 2.24) is 44.5 Å². The van der Waals surface area contributed by atoms with Gasteiger partial charge >= 0.3 is 6.03 Å². The van der Waals surface area contributed by atoms with Gasteiger partial charge in [0, 0.05) is 144 Å². The highest BCUT2D eigenvalue weighted by atomic mass is 19.3. The molecule has 10 heterocycles. The van der Waals surface area contributed by atoms with E-state index < -0.39 is 36.1 Å². The summed E-state index contributed by atoms with van der Waals surface area (Å²) in [6.07, 6.45) is 8.89. The Morgan fingerprint density at radius 3 is 2.38 bits per heavy atom. The number of piperazine rings is 1. The molecule has 18 nitrogen and oxygen atoms in total. The summed E-state index contributed by atoms with van der Waals surface area (Å²) in [5, 5.41) is 10.3. The largest absolute Gasteiger partial charge is 0.381 e. The van der Waals surface area contributed by atoms with Crippen molar-refractivity contribution in [2.24, 2.45) is 5.92 Å². The Bertz CT molecular complexity index is 3030. The molecule has 5 aromatic rings. The van der Waals surface area contributed by atoms with Gasteiger partial charge in [0.15, 0.2) is 5.82 Å². The molecule has 0 saturated carbocycles. The third-order valence-electron chi connectivity index (χ3n) is 16.4. The fourth-order valence-corrected chi connectivity index (χ4v) is 12.5. The average Bonchev–Trinajstić information content (AvgIpc) is 4.11. The summed E-state index contributed by atoms with van der Waals surface area (Å²) < 4.78 is 41.3. The van der Waals surface area contributed by atoms with Gasteiger partial charge in [-0.25, -0.2) is 18.6 Å². The van der Waals surface area contributed by atoms with Crippen LogP contribution < -0.4 is 25.3 Å². The highest BCUT2D eigenvalue weighted by Gasteiger charge is 2.45. The molecular weight excluding hydrogens is 939 g/mol. The molecule has 73 heavy (non-hydrogen) atoms. The van der Waals surface area contributed by atoms with Crippen LogP contribution in [0.4, 0.5) is 36.5 Å². The number of piperidine rings is 2. The van der Waals surface area contributed by atoms with Crippen molar-refractivity contribution in [3.8, 4) is 11.1 Å². The van der Waals surface area contributed by atoms with Gasteiger partial charge < -0.3 is 34.1 Å². The van der Waals surface area contributed by atoms with Gasteiger partial charge in [0.05, 0.1) is 29.4 Å². The number of hydrogen-bond donors (Lipinski definition) is 2.